The van der Waals surface area contributed by atoms with Crippen LogP contribution in [-0.2, 0) is 7.05 Å². The summed E-state index contributed by atoms with van der Waals surface area (Å²) in [5, 5.41) is 12.8. The maximum atomic E-state index is 8.66. The van der Waals surface area contributed by atoms with E-state index >= 15 is 0 Å². The molecule has 3 aromatic heterocycles. The number of aryl methyl sites for hydroxylation is 3. The summed E-state index contributed by atoms with van der Waals surface area (Å²) in [6.45, 7) is 3.63. The summed E-state index contributed by atoms with van der Waals surface area (Å²) in [4.78, 5) is 16.7. The van der Waals surface area contributed by atoms with Gasteiger partial charge in [0.15, 0.2) is 5.82 Å². The van der Waals surface area contributed by atoms with Crippen LogP contribution in [0.4, 0.5) is 0 Å². The van der Waals surface area contributed by atoms with E-state index in [0.29, 0.717) is 17.6 Å². The molecule has 0 aliphatic heterocycles. The number of rotatable bonds is 2. The summed E-state index contributed by atoms with van der Waals surface area (Å²) in [5.41, 5.74) is 2.39. The molecule has 0 N–H and O–H groups in total. The summed E-state index contributed by atoms with van der Waals surface area (Å²) in [7, 11) is 2.13. The molecule has 8 nitrogen and oxygen atoms in total. The lowest BCUT2D eigenvalue weighted by Crippen LogP contribution is -2.13. The molecular formula is C21H22N8. The molecule has 0 spiro atoms. The first kappa shape index (κ1) is 18.7. The van der Waals surface area contributed by atoms with E-state index < -0.39 is 0 Å². The van der Waals surface area contributed by atoms with Gasteiger partial charge in [-0.05, 0) is 38.8 Å². The number of benzene rings is 1. The van der Waals surface area contributed by atoms with Crippen LogP contribution in [0, 0.1) is 25.2 Å². The number of imidazole rings is 1. The van der Waals surface area contributed by atoms with Gasteiger partial charge in [0.2, 0.25) is 5.82 Å². The lowest BCUT2D eigenvalue weighted by molar-refractivity contribution is 0.395. The van der Waals surface area contributed by atoms with Crippen molar-refractivity contribution in [1.82, 2.24) is 34.3 Å². The topological polar surface area (TPSA) is 98.1 Å². The van der Waals surface area contributed by atoms with Gasteiger partial charge in [-0.15, -0.1) is 5.10 Å². The maximum Gasteiger partial charge on any atom is 0.234 e. The van der Waals surface area contributed by atoms with Crippen LogP contribution in [0.2, 0.25) is 0 Å². The van der Waals surface area contributed by atoms with Crippen LogP contribution in [0.1, 0.15) is 48.5 Å². The minimum absolute atomic E-state index is 0.125. The van der Waals surface area contributed by atoms with Crippen LogP contribution in [0.15, 0.2) is 36.5 Å². The Labute approximate surface area is 168 Å². The molecule has 1 saturated carbocycles. The standard InChI is InChI=1S/C12H14N2.C9H8N6/c1-14-11-8-3-2-7-10(11)13-12(14)9-5-4-6-9;1-6-12-7(2)15(14-6)9-3-4-11-8(5-10)13-9/h2-3,7-9H,4-6H2,1H3;3-4H,1-2H3. The fourth-order valence-electron chi connectivity index (χ4n) is 3.45. The zero-order valence-corrected chi connectivity index (χ0v) is 16.7. The molecule has 4 aromatic rings. The molecule has 1 aliphatic rings. The third-order valence-corrected chi connectivity index (χ3v) is 5.12. The van der Waals surface area contributed by atoms with Gasteiger partial charge < -0.3 is 4.57 Å². The molecule has 1 fully saturated rings. The predicted molar refractivity (Wildman–Crippen MR) is 108 cm³/mol. The van der Waals surface area contributed by atoms with E-state index in [2.05, 4.69) is 55.9 Å². The highest BCUT2D eigenvalue weighted by Gasteiger charge is 2.24. The summed E-state index contributed by atoms with van der Waals surface area (Å²) in [6, 6.07) is 11.9. The fraction of sp³-hybridized carbons (Fsp3) is 0.333. The van der Waals surface area contributed by atoms with Gasteiger partial charge >= 0.3 is 0 Å². The monoisotopic (exact) mass is 386 g/mol. The predicted octanol–water partition coefficient (Wildman–Crippen LogP) is 3.39. The molecule has 0 bridgehead atoms. The second-order valence-electron chi connectivity index (χ2n) is 7.11. The summed E-state index contributed by atoms with van der Waals surface area (Å²) in [5.74, 6) is 4.07. The Morgan fingerprint density at radius 1 is 1.07 bits per heavy atom. The highest BCUT2D eigenvalue weighted by Crippen LogP contribution is 2.36. The van der Waals surface area contributed by atoms with E-state index in [1.54, 1.807) is 17.7 Å². The summed E-state index contributed by atoms with van der Waals surface area (Å²) >= 11 is 0. The van der Waals surface area contributed by atoms with Crippen molar-refractivity contribution < 1.29 is 0 Å². The van der Waals surface area contributed by atoms with Gasteiger partial charge in [-0.3, -0.25) is 0 Å². The highest BCUT2D eigenvalue weighted by molar-refractivity contribution is 5.75. The van der Waals surface area contributed by atoms with Crippen molar-refractivity contribution in [3.8, 4) is 11.9 Å². The van der Waals surface area contributed by atoms with E-state index in [-0.39, 0.29) is 5.82 Å². The van der Waals surface area contributed by atoms with Crippen LogP contribution in [0.3, 0.4) is 0 Å². The minimum Gasteiger partial charge on any atom is -0.331 e. The molecule has 0 saturated heterocycles. The molecular weight excluding hydrogens is 364 g/mol. The van der Waals surface area contributed by atoms with Crippen molar-refractivity contribution in [2.45, 2.75) is 39.0 Å². The molecule has 8 heteroatoms. The zero-order valence-electron chi connectivity index (χ0n) is 16.7. The molecule has 5 rings (SSSR count). The lowest BCUT2D eigenvalue weighted by Gasteiger charge is -2.24. The lowest BCUT2D eigenvalue weighted by atomic mass is 9.85. The molecule has 29 heavy (non-hydrogen) atoms. The Bertz CT molecular complexity index is 1190. The second-order valence-corrected chi connectivity index (χ2v) is 7.11. The normalized spacial score (nSPS) is 13.4. The summed E-state index contributed by atoms with van der Waals surface area (Å²) < 4.78 is 3.83. The third-order valence-electron chi connectivity index (χ3n) is 5.12. The first-order valence-corrected chi connectivity index (χ1v) is 9.62. The Hall–Kier alpha value is -3.60. The van der Waals surface area contributed by atoms with Crippen LogP contribution >= 0.6 is 0 Å². The molecule has 0 atom stereocenters. The van der Waals surface area contributed by atoms with Gasteiger partial charge in [-0.25, -0.2) is 15.0 Å². The Morgan fingerprint density at radius 3 is 2.48 bits per heavy atom. The highest BCUT2D eigenvalue weighted by atomic mass is 15.4. The number of nitrogens with zero attached hydrogens (tertiary/aromatic N) is 8. The quantitative estimate of drug-likeness (QED) is 0.524. The maximum absolute atomic E-state index is 8.66. The molecule has 1 aliphatic carbocycles. The first-order chi connectivity index (χ1) is 14.1. The molecule has 0 radical (unpaired) electrons. The molecule has 1 aromatic carbocycles. The van der Waals surface area contributed by atoms with E-state index in [1.165, 1.54) is 36.8 Å². The Kier molecular flexibility index (Phi) is 5.04. The van der Waals surface area contributed by atoms with Crippen LogP contribution in [0.5, 0.6) is 0 Å². The van der Waals surface area contributed by atoms with Crippen molar-refractivity contribution in [2.24, 2.45) is 7.05 Å². The van der Waals surface area contributed by atoms with Gasteiger partial charge in [0, 0.05) is 25.2 Å². The number of hydrogen-bond acceptors (Lipinski definition) is 6. The number of para-hydroxylation sites is 2. The summed E-state index contributed by atoms with van der Waals surface area (Å²) in [6.07, 6.45) is 5.53. The number of hydrogen-bond donors (Lipinski definition) is 0. The number of nitriles is 1. The largest absolute Gasteiger partial charge is 0.331 e. The van der Waals surface area contributed by atoms with E-state index in [4.69, 9.17) is 10.2 Å². The van der Waals surface area contributed by atoms with Crippen molar-refractivity contribution in [1.29, 1.82) is 5.26 Å². The van der Waals surface area contributed by atoms with E-state index in [0.717, 1.165) is 11.3 Å². The third kappa shape index (κ3) is 3.72. The van der Waals surface area contributed by atoms with E-state index in [9.17, 15) is 0 Å². The van der Waals surface area contributed by atoms with Gasteiger partial charge in [0.1, 0.15) is 23.5 Å². The number of fused-ring (bicyclic) bond motifs is 1. The smallest absolute Gasteiger partial charge is 0.234 e. The van der Waals surface area contributed by atoms with Crippen LogP contribution in [-0.4, -0.2) is 34.3 Å². The Morgan fingerprint density at radius 2 is 1.86 bits per heavy atom. The van der Waals surface area contributed by atoms with Gasteiger partial charge in [0.05, 0.1) is 11.0 Å². The van der Waals surface area contributed by atoms with Gasteiger partial charge in [-0.2, -0.15) is 14.9 Å². The van der Waals surface area contributed by atoms with E-state index in [1.807, 2.05) is 13.0 Å². The first-order valence-electron chi connectivity index (χ1n) is 9.62. The van der Waals surface area contributed by atoms with Gasteiger partial charge in [-0.1, -0.05) is 18.6 Å². The fourth-order valence-corrected chi connectivity index (χ4v) is 3.45. The van der Waals surface area contributed by atoms with Crippen molar-refractivity contribution in [3.05, 3.63) is 59.8 Å². The second kappa shape index (κ2) is 7.80. The van der Waals surface area contributed by atoms with Gasteiger partial charge in [0.25, 0.3) is 0 Å². The zero-order chi connectivity index (χ0) is 20.4. The van der Waals surface area contributed by atoms with Crippen molar-refractivity contribution in [2.75, 3.05) is 0 Å². The minimum atomic E-state index is 0.125. The molecule has 0 amide bonds. The van der Waals surface area contributed by atoms with Crippen LogP contribution in [0.25, 0.3) is 16.9 Å². The average Bonchev–Trinajstić information content (AvgIpc) is 3.20. The molecule has 0 unspecified atom stereocenters. The van der Waals surface area contributed by atoms with Crippen molar-refractivity contribution in [3.63, 3.8) is 0 Å². The SMILES string of the molecule is Cc1nc(C)n(-c2ccnc(C#N)n2)n1.Cn1c(C2CCC2)nc2ccccc21. The average molecular weight is 386 g/mol. The van der Waals surface area contributed by atoms with Crippen LogP contribution < -0.4 is 0 Å². The Balaban J connectivity index is 0.000000141. The molecule has 3 heterocycles. The number of aromatic nitrogens is 7. The molecule has 146 valence electrons. The van der Waals surface area contributed by atoms with Crippen molar-refractivity contribution >= 4 is 11.0 Å².